The summed E-state index contributed by atoms with van der Waals surface area (Å²) in [6.07, 6.45) is 0. The molecule has 0 spiro atoms. The molecule has 0 atom stereocenters. The van der Waals surface area contributed by atoms with Crippen molar-refractivity contribution in [3.8, 4) is 6.07 Å². The molecule has 0 aliphatic carbocycles. The van der Waals surface area contributed by atoms with E-state index in [0.29, 0.717) is 12.2 Å². The molecule has 0 heterocycles. The third-order valence-electron chi connectivity index (χ3n) is 2.62. The van der Waals surface area contributed by atoms with Crippen LogP contribution >= 0.6 is 15.9 Å². The van der Waals surface area contributed by atoms with Crippen molar-refractivity contribution >= 4 is 27.3 Å². The van der Waals surface area contributed by atoms with Crippen molar-refractivity contribution in [3.63, 3.8) is 0 Å². The minimum Gasteiger partial charge on any atom is -0.380 e. The first-order valence-corrected chi connectivity index (χ1v) is 6.57. The lowest BCUT2D eigenvalue weighted by Crippen LogP contribution is -1.93. The number of nitrogens with one attached hydrogen (secondary N) is 1. The Hall–Kier alpha value is -1.83. The standard InChI is InChI=1S/C15H13BrN2O/c1-19-10-11-3-2-4-13(7-11)18-14-6-5-12(9-17)15(16)8-14/h2-8,18H,10H2,1H3. The molecule has 0 radical (unpaired) electrons. The summed E-state index contributed by atoms with van der Waals surface area (Å²) in [6, 6.07) is 15.7. The average molecular weight is 317 g/mol. The quantitative estimate of drug-likeness (QED) is 0.919. The van der Waals surface area contributed by atoms with Crippen molar-refractivity contribution in [2.24, 2.45) is 0 Å². The maximum Gasteiger partial charge on any atom is 0.100 e. The Labute approximate surface area is 121 Å². The molecule has 0 saturated heterocycles. The molecule has 3 nitrogen and oxygen atoms in total. The zero-order valence-corrected chi connectivity index (χ0v) is 12.1. The third kappa shape index (κ3) is 3.57. The maximum absolute atomic E-state index is 8.88. The fourth-order valence-electron chi connectivity index (χ4n) is 1.76. The van der Waals surface area contributed by atoms with Crippen molar-refractivity contribution in [1.29, 1.82) is 5.26 Å². The van der Waals surface area contributed by atoms with E-state index >= 15 is 0 Å². The molecule has 1 N–H and O–H groups in total. The molecule has 19 heavy (non-hydrogen) atoms. The van der Waals surface area contributed by atoms with Crippen LogP contribution in [0.2, 0.25) is 0 Å². The van der Waals surface area contributed by atoms with Gasteiger partial charge >= 0.3 is 0 Å². The fraction of sp³-hybridized carbons (Fsp3) is 0.133. The van der Waals surface area contributed by atoms with Crippen LogP contribution in [0.1, 0.15) is 11.1 Å². The van der Waals surface area contributed by atoms with Crippen LogP contribution in [0.5, 0.6) is 0 Å². The minimum absolute atomic E-state index is 0.590. The number of hydrogen-bond acceptors (Lipinski definition) is 3. The van der Waals surface area contributed by atoms with Crippen LogP contribution in [-0.2, 0) is 11.3 Å². The molecule has 0 bridgehead atoms. The number of rotatable bonds is 4. The molecular formula is C15H13BrN2O. The molecule has 0 aliphatic rings. The number of hydrogen-bond donors (Lipinski definition) is 1. The summed E-state index contributed by atoms with van der Waals surface area (Å²) in [5.41, 5.74) is 3.66. The highest BCUT2D eigenvalue weighted by Gasteiger charge is 2.01. The predicted molar refractivity (Wildman–Crippen MR) is 79.3 cm³/mol. The Morgan fingerprint density at radius 2 is 2.00 bits per heavy atom. The van der Waals surface area contributed by atoms with Crippen molar-refractivity contribution in [2.75, 3.05) is 12.4 Å². The van der Waals surface area contributed by atoms with E-state index in [2.05, 4.69) is 27.3 Å². The largest absolute Gasteiger partial charge is 0.380 e. The van der Waals surface area contributed by atoms with Gasteiger partial charge in [0.05, 0.1) is 12.2 Å². The second-order valence-electron chi connectivity index (χ2n) is 4.06. The summed E-state index contributed by atoms with van der Waals surface area (Å²) in [5, 5.41) is 12.2. The minimum atomic E-state index is 0.590. The molecule has 0 saturated carbocycles. The van der Waals surface area contributed by atoms with E-state index in [1.165, 1.54) is 0 Å². The van der Waals surface area contributed by atoms with Crippen molar-refractivity contribution in [2.45, 2.75) is 6.61 Å². The lowest BCUT2D eigenvalue weighted by Gasteiger charge is -2.09. The Morgan fingerprint density at radius 3 is 2.68 bits per heavy atom. The maximum atomic E-state index is 8.88. The van der Waals surface area contributed by atoms with E-state index in [4.69, 9.17) is 10.00 Å². The second-order valence-corrected chi connectivity index (χ2v) is 4.92. The molecule has 0 aromatic heterocycles. The Kier molecular flexibility index (Phi) is 4.56. The first-order chi connectivity index (χ1) is 9.22. The second kappa shape index (κ2) is 6.37. The highest BCUT2D eigenvalue weighted by Crippen LogP contribution is 2.24. The van der Waals surface area contributed by atoms with Gasteiger partial charge in [-0.25, -0.2) is 0 Å². The summed E-state index contributed by atoms with van der Waals surface area (Å²) in [6.45, 7) is 0.590. The molecular weight excluding hydrogens is 304 g/mol. The summed E-state index contributed by atoms with van der Waals surface area (Å²) in [7, 11) is 1.68. The van der Waals surface area contributed by atoms with Gasteiger partial charge in [-0.2, -0.15) is 5.26 Å². The lowest BCUT2D eigenvalue weighted by molar-refractivity contribution is 0.185. The van der Waals surface area contributed by atoms with Crippen LogP contribution in [0.25, 0.3) is 0 Å². The monoisotopic (exact) mass is 316 g/mol. The number of halogens is 1. The van der Waals surface area contributed by atoms with Gasteiger partial charge in [0, 0.05) is 23.0 Å². The smallest absolute Gasteiger partial charge is 0.100 e. The number of benzene rings is 2. The van der Waals surface area contributed by atoms with Gasteiger partial charge in [0.25, 0.3) is 0 Å². The summed E-state index contributed by atoms with van der Waals surface area (Å²) < 4.78 is 5.90. The Bertz CT molecular complexity index is 620. The Morgan fingerprint density at radius 1 is 1.21 bits per heavy atom. The van der Waals surface area contributed by atoms with Gasteiger partial charge in [0.1, 0.15) is 6.07 Å². The predicted octanol–water partition coefficient (Wildman–Crippen LogP) is 4.21. The van der Waals surface area contributed by atoms with E-state index in [0.717, 1.165) is 21.4 Å². The van der Waals surface area contributed by atoms with Crippen LogP contribution < -0.4 is 5.32 Å². The number of anilines is 2. The molecule has 96 valence electrons. The van der Waals surface area contributed by atoms with Crippen LogP contribution in [-0.4, -0.2) is 7.11 Å². The van der Waals surface area contributed by atoms with E-state index < -0.39 is 0 Å². The zero-order valence-electron chi connectivity index (χ0n) is 10.5. The topological polar surface area (TPSA) is 45.0 Å². The molecule has 0 unspecified atom stereocenters. The molecule has 0 fully saturated rings. The normalized spacial score (nSPS) is 9.95. The van der Waals surface area contributed by atoms with Gasteiger partial charge in [-0.3, -0.25) is 0 Å². The van der Waals surface area contributed by atoms with Crippen LogP contribution in [0.15, 0.2) is 46.9 Å². The SMILES string of the molecule is COCc1cccc(Nc2ccc(C#N)c(Br)c2)c1. The van der Waals surface area contributed by atoms with Gasteiger partial charge in [0.2, 0.25) is 0 Å². The number of nitriles is 1. The van der Waals surface area contributed by atoms with Gasteiger partial charge in [0.15, 0.2) is 0 Å². The van der Waals surface area contributed by atoms with Gasteiger partial charge in [-0.15, -0.1) is 0 Å². The van der Waals surface area contributed by atoms with E-state index in [1.807, 2.05) is 36.4 Å². The van der Waals surface area contributed by atoms with E-state index in [9.17, 15) is 0 Å². The van der Waals surface area contributed by atoms with Crippen molar-refractivity contribution in [3.05, 3.63) is 58.1 Å². The molecule has 2 aromatic carbocycles. The molecule has 0 aliphatic heterocycles. The summed E-state index contributed by atoms with van der Waals surface area (Å²) in [5.74, 6) is 0. The Balaban J connectivity index is 2.19. The summed E-state index contributed by atoms with van der Waals surface area (Å²) in [4.78, 5) is 0. The number of ether oxygens (including phenoxy) is 1. The fourth-order valence-corrected chi connectivity index (χ4v) is 2.22. The number of nitrogens with zero attached hydrogens (tertiary/aromatic N) is 1. The van der Waals surface area contributed by atoms with Crippen LogP contribution in [0, 0.1) is 11.3 Å². The summed E-state index contributed by atoms with van der Waals surface area (Å²) >= 11 is 3.38. The van der Waals surface area contributed by atoms with Gasteiger partial charge < -0.3 is 10.1 Å². The van der Waals surface area contributed by atoms with Crippen LogP contribution in [0.4, 0.5) is 11.4 Å². The third-order valence-corrected chi connectivity index (χ3v) is 3.27. The highest BCUT2D eigenvalue weighted by atomic mass is 79.9. The highest BCUT2D eigenvalue weighted by molar-refractivity contribution is 9.10. The van der Waals surface area contributed by atoms with Crippen LogP contribution in [0.3, 0.4) is 0 Å². The van der Waals surface area contributed by atoms with E-state index in [-0.39, 0.29) is 0 Å². The molecule has 2 aromatic rings. The van der Waals surface area contributed by atoms with Crippen molar-refractivity contribution in [1.82, 2.24) is 0 Å². The number of methoxy groups -OCH3 is 1. The first kappa shape index (κ1) is 13.6. The molecule has 2 rings (SSSR count). The average Bonchev–Trinajstić information content (AvgIpc) is 2.40. The first-order valence-electron chi connectivity index (χ1n) is 5.77. The van der Waals surface area contributed by atoms with Crippen molar-refractivity contribution < 1.29 is 4.74 Å². The molecule has 4 heteroatoms. The van der Waals surface area contributed by atoms with E-state index in [1.54, 1.807) is 13.2 Å². The zero-order chi connectivity index (χ0) is 13.7. The van der Waals surface area contributed by atoms with Gasteiger partial charge in [-0.1, -0.05) is 12.1 Å². The lowest BCUT2D eigenvalue weighted by atomic mass is 10.2. The molecule has 0 amide bonds. The van der Waals surface area contributed by atoms with Gasteiger partial charge in [-0.05, 0) is 51.8 Å².